The van der Waals surface area contributed by atoms with Crippen molar-refractivity contribution in [1.82, 2.24) is 15.1 Å². The van der Waals surface area contributed by atoms with Gasteiger partial charge in [0.05, 0.1) is 11.2 Å². The van der Waals surface area contributed by atoms with E-state index in [-0.39, 0.29) is 6.04 Å². The molecule has 21 heavy (non-hydrogen) atoms. The second-order valence-corrected chi connectivity index (χ2v) is 5.81. The first kappa shape index (κ1) is 15.2. The minimum absolute atomic E-state index is 0.236. The number of likely N-dealkylation sites (N-methyl/N-ethyl adjacent to an activating group) is 1. The van der Waals surface area contributed by atoms with Gasteiger partial charge in [0.2, 0.25) is 0 Å². The molecular weight excluding hydrogens is 262 g/mol. The average Bonchev–Trinajstić information content (AvgIpc) is 2.46. The van der Waals surface area contributed by atoms with Crippen molar-refractivity contribution in [1.29, 1.82) is 5.26 Å². The van der Waals surface area contributed by atoms with E-state index < -0.39 is 0 Å². The smallest absolute Gasteiger partial charge is 0.186 e. The predicted octanol–water partition coefficient (Wildman–Crippen LogP) is 2.50. The van der Waals surface area contributed by atoms with E-state index in [1.54, 1.807) is 0 Å². The summed E-state index contributed by atoms with van der Waals surface area (Å²) < 4.78 is 0. The van der Waals surface area contributed by atoms with Crippen LogP contribution in [0, 0.1) is 17.2 Å². The summed E-state index contributed by atoms with van der Waals surface area (Å²) in [4.78, 5) is 2.14. The Morgan fingerprint density at radius 1 is 1.24 bits per heavy atom. The molecule has 2 rings (SSSR count). The van der Waals surface area contributed by atoms with Crippen LogP contribution in [0.3, 0.4) is 0 Å². The largest absolute Gasteiger partial charge is 0.378 e. The predicted molar refractivity (Wildman–Crippen MR) is 85.1 cm³/mol. The quantitative estimate of drug-likeness (QED) is 0.913. The highest BCUT2D eigenvalue weighted by Crippen LogP contribution is 2.25. The molecule has 0 bridgehead atoms. The molecule has 0 aliphatic carbocycles. The van der Waals surface area contributed by atoms with Crippen molar-refractivity contribution in [3.63, 3.8) is 0 Å². The zero-order valence-corrected chi connectivity index (χ0v) is 13.0. The lowest BCUT2D eigenvalue weighted by molar-refractivity contribution is 0.344. The summed E-state index contributed by atoms with van der Waals surface area (Å²) in [7, 11) is 4.09. The lowest BCUT2D eigenvalue weighted by Crippen LogP contribution is -2.36. The molecule has 0 aliphatic rings. The second kappa shape index (κ2) is 6.51. The summed E-state index contributed by atoms with van der Waals surface area (Å²) in [5.41, 5.74) is 1.92. The van der Waals surface area contributed by atoms with Gasteiger partial charge in [-0.05, 0) is 26.1 Å². The van der Waals surface area contributed by atoms with Crippen LogP contribution in [0.2, 0.25) is 0 Å². The Kier molecular flexibility index (Phi) is 4.71. The zero-order chi connectivity index (χ0) is 15.4. The van der Waals surface area contributed by atoms with Crippen molar-refractivity contribution < 1.29 is 0 Å². The summed E-state index contributed by atoms with van der Waals surface area (Å²) in [6.45, 7) is 5.23. The molecule has 0 saturated heterocycles. The number of nitriles is 1. The van der Waals surface area contributed by atoms with Gasteiger partial charge >= 0.3 is 0 Å². The molecule has 0 amide bonds. The lowest BCUT2D eigenvalue weighted by atomic mass is 10.0. The number of hydrogen-bond donors (Lipinski definition) is 1. The highest BCUT2D eigenvalue weighted by molar-refractivity contribution is 5.92. The second-order valence-electron chi connectivity index (χ2n) is 5.81. The molecule has 1 aromatic carbocycles. The topological polar surface area (TPSA) is 64.8 Å². The Morgan fingerprint density at radius 3 is 2.57 bits per heavy atom. The van der Waals surface area contributed by atoms with Crippen molar-refractivity contribution in [3.05, 3.63) is 30.0 Å². The molecule has 0 spiro atoms. The van der Waals surface area contributed by atoms with Crippen LogP contribution in [0.4, 0.5) is 5.69 Å². The van der Waals surface area contributed by atoms with Gasteiger partial charge in [0, 0.05) is 18.0 Å². The van der Waals surface area contributed by atoms with Gasteiger partial charge in [0.15, 0.2) is 5.69 Å². The fourth-order valence-corrected chi connectivity index (χ4v) is 2.28. The van der Waals surface area contributed by atoms with Gasteiger partial charge in [-0.3, -0.25) is 0 Å². The normalized spacial score (nSPS) is 12.6. The molecule has 1 aromatic heterocycles. The third-order valence-corrected chi connectivity index (χ3v) is 3.47. The summed E-state index contributed by atoms with van der Waals surface area (Å²) in [5, 5.41) is 21.9. The molecule has 1 N–H and O–H groups in total. The maximum absolute atomic E-state index is 9.31. The first-order chi connectivity index (χ1) is 10.0. The van der Waals surface area contributed by atoms with Crippen molar-refractivity contribution in [3.8, 4) is 6.07 Å². The molecule has 1 unspecified atom stereocenters. The first-order valence-electron chi connectivity index (χ1n) is 7.09. The van der Waals surface area contributed by atoms with Gasteiger partial charge in [0.1, 0.15) is 6.07 Å². The van der Waals surface area contributed by atoms with E-state index in [0.717, 1.165) is 23.1 Å². The number of nitrogens with zero attached hydrogens (tertiary/aromatic N) is 4. The molecular formula is C16H21N5. The summed E-state index contributed by atoms with van der Waals surface area (Å²) in [6, 6.07) is 10.1. The fourth-order valence-electron chi connectivity index (χ4n) is 2.28. The summed E-state index contributed by atoms with van der Waals surface area (Å²) >= 11 is 0. The molecule has 1 heterocycles. The SMILES string of the molecule is CC(C)C(CN(C)C)Nc1c(C#N)nnc2ccccc12. The number of anilines is 1. The van der Waals surface area contributed by atoms with Crippen molar-refractivity contribution >= 4 is 16.6 Å². The minimum Gasteiger partial charge on any atom is -0.378 e. The highest BCUT2D eigenvalue weighted by Gasteiger charge is 2.18. The molecule has 5 nitrogen and oxygen atoms in total. The number of aromatic nitrogens is 2. The van der Waals surface area contributed by atoms with Crippen molar-refractivity contribution in [2.75, 3.05) is 26.0 Å². The maximum Gasteiger partial charge on any atom is 0.186 e. The van der Waals surface area contributed by atoms with Crippen LogP contribution < -0.4 is 5.32 Å². The van der Waals surface area contributed by atoms with Gasteiger partial charge < -0.3 is 10.2 Å². The number of rotatable bonds is 5. The van der Waals surface area contributed by atoms with Gasteiger partial charge in [0.25, 0.3) is 0 Å². The number of fused-ring (bicyclic) bond motifs is 1. The Labute approximate surface area is 125 Å². The third kappa shape index (κ3) is 3.47. The van der Waals surface area contributed by atoms with Gasteiger partial charge in [-0.25, -0.2) is 0 Å². The number of hydrogen-bond acceptors (Lipinski definition) is 5. The monoisotopic (exact) mass is 283 g/mol. The Hall–Kier alpha value is -2.19. The Balaban J connectivity index is 2.46. The van der Waals surface area contributed by atoms with E-state index in [1.165, 1.54) is 0 Å². The number of benzene rings is 1. The Morgan fingerprint density at radius 2 is 1.95 bits per heavy atom. The van der Waals surface area contributed by atoms with E-state index >= 15 is 0 Å². The van der Waals surface area contributed by atoms with Gasteiger partial charge in [-0.1, -0.05) is 32.0 Å². The van der Waals surface area contributed by atoms with Crippen LogP contribution >= 0.6 is 0 Å². The van der Waals surface area contributed by atoms with E-state index in [1.807, 2.05) is 38.4 Å². The van der Waals surface area contributed by atoms with E-state index in [4.69, 9.17) is 0 Å². The molecule has 0 saturated carbocycles. The molecule has 0 aliphatic heterocycles. The summed E-state index contributed by atoms with van der Waals surface area (Å²) in [6.07, 6.45) is 0. The standard InChI is InChI=1S/C16H21N5/c1-11(2)15(10-21(3)4)18-16-12-7-5-6-8-13(12)19-20-14(16)9-17/h5-8,11,15H,10H2,1-4H3,(H,18,19). The Bertz CT molecular complexity index is 657. The van der Waals surface area contributed by atoms with Crippen LogP contribution in [0.25, 0.3) is 10.9 Å². The first-order valence-corrected chi connectivity index (χ1v) is 7.09. The lowest BCUT2D eigenvalue weighted by Gasteiger charge is -2.27. The zero-order valence-electron chi connectivity index (χ0n) is 13.0. The van der Waals surface area contributed by atoms with Crippen LogP contribution in [0.5, 0.6) is 0 Å². The number of nitrogens with one attached hydrogen (secondary N) is 1. The molecule has 1 atom stereocenters. The van der Waals surface area contributed by atoms with E-state index in [9.17, 15) is 5.26 Å². The van der Waals surface area contributed by atoms with Gasteiger partial charge in [-0.2, -0.15) is 5.26 Å². The van der Waals surface area contributed by atoms with Crippen LogP contribution in [-0.2, 0) is 0 Å². The van der Waals surface area contributed by atoms with E-state index in [2.05, 4.69) is 40.3 Å². The minimum atomic E-state index is 0.236. The highest BCUT2D eigenvalue weighted by atomic mass is 15.1. The van der Waals surface area contributed by atoms with Crippen molar-refractivity contribution in [2.24, 2.45) is 5.92 Å². The summed E-state index contributed by atoms with van der Waals surface area (Å²) in [5.74, 6) is 0.436. The van der Waals surface area contributed by atoms with Crippen molar-refractivity contribution in [2.45, 2.75) is 19.9 Å². The van der Waals surface area contributed by atoms with Crippen LogP contribution in [-0.4, -0.2) is 41.8 Å². The average molecular weight is 283 g/mol. The molecule has 110 valence electrons. The maximum atomic E-state index is 9.31. The third-order valence-electron chi connectivity index (χ3n) is 3.47. The van der Waals surface area contributed by atoms with E-state index in [0.29, 0.717) is 11.6 Å². The van der Waals surface area contributed by atoms with Gasteiger partial charge in [-0.15, -0.1) is 10.2 Å². The molecule has 0 radical (unpaired) electrons. The molecule has 2 aromatic rings. The van der Waals surface area contributed by atoms with Crippen LogP contribution in [0.1, 0.15) is 19.5 Å². The molecule has 0 fully saturated rings. The fraction of sp³-hybridized carbons (Fsp3) is 0.438. The molecule has 5 heteroatoms. The van der Waals surface area contributed by atoms with Crippen LogP contribution in [0.15, 0.2) is 24.3 Å².